The van der Waals surface area contributed by atoms with Gasteiger partial charge in [-0.3, -0.25) is 0 Å². The maximum atomic E-state index is 5.52. The number of aromatic nitrogens is 4. The zero-order valence-electron chi connectivity index (χ0n) is 11.7. The summed E-state index contributed by atoms with van der Waals surface area (Å²) in [6.45, 7) is 2.78. The predicted molar refractivity (Wildman–Crippen MR) is 79.6 cm³/mol. The van der Waals surface area contributed by atoms with Crippen molar-refractivity contribution in [3.8, 4) is 0 Å². The fourth-order valence-electron chi connectivity index (χ4n) is 2.54. The van der Waals surface area contributed by atoms with Crippen molar-refractivity contribution in [1.82, 2.24) is 19.8 Å². The van der Waals surface area contributed by atoms with Crippen molar-refractivity contribution in [2.45, 2.75) is 32.6 Å². The van der Waals surface area contributed by atoms with Crippen LogP contribution < -0.4 is 5.73 Å². The van der Waals surface area contributed by atoms with Crippen LogP contribution in [-0.4, -0.2) is 26.4 Å². The molecule has 0 unspecified atom stereocenters. The summed E-state index contributed by atoms with van der Waals surface area (Å²) >= 11 is 0. The SMILES string of the molecule is Cc1nn2c(CCCCCN)nnc2c2ccccc12. The molecular weight excluding hydrogens is 250 g/mol. The Morgan fingerprint density at radius 1 is 1.05 bits per heavy atom. The molecule has 2 aromatic heterocycles. The van der Waals surface area contributed by atoms with Gasteiger partial charge >= 0.3 is 0 Å². The van der Waals surface area contributed by atoms with Crippen LogP contribution >= 0.6 is 0 Å². The molecule has 0 saturated carbocycles. The molecule has 104 valence electrons. The molecule has 3 rings (SSSR count). The molecular formula is C15H19N5. The highest BCUT2D eigenvalue weighted by atomic mass is 15.4. The molecule has 0 aliphatic heterocycles. The molecule has 0 aliphatic rings. The molecule has 5 heteroatoms. The van der Waals surface area contributed by atoms with Crippen molar-refractivity contribution in [3.05, 3.63) is 35.8 Å². The Bertz CT molecular complexity index is 732. The van der Waals surface area contributed by atoms with Crippen LogP contribution in [0.15, 0.2) is 24.3 Å². The molecule has 0 fully saturated rings. The van der Waals surface area contributed by atoms with Crippen molar-refractivity contribution in [1.29, 1.82) is 0 Å². The minimum atomic E-state index is 0.753. The summed E-state index contributed by atoms with van der Waals surface area (Å²) in [5, 5.41) is 15.5. The summed E-state index contributed by atoms with van der Waals surface area (Å²) in [4.78, 5) is 0. The molecule has 0 bridgehead atoms. The van der Waals surface area contributed by atoms with Crippen molar-refractivity contribution in [3.63, 3.8) is 0 Å². The second-order valence-electron chi connectivity index (χ2n) is 5.08. The lowest BCUT2D eigenvalue weighted by Gasteiger charge is -2.04. The van der Waals surface area contributed by atoms with Crippen LogP contribution in [0.5, 0.6) is 0 Å². The maximum absolute atomic E-state index is 5.52. The molecule has 5 nitrogen and oxygen atoms in total. The average molecular weight is 269 g/mol. The van der Waals surface area contributed by atoms with E-state index in [2.05, 4.69) is 27.4 Å². The van der Waals surface area contributed by atoms with Crippen molar-refractivity contribution in [2.24, 2.45) is 5.73 Å². The van der Waals surface area contributed by atoms with Crippen molar-refractivity contribution < 1.29 is 0 Å². The molecule has 2 N–H and O–H groups in total. The monoisotopic (exact) mass is 269 g/mol. The number of benzene rings is 1. The number of unbranched alkanes of at least 4 members (excludes halogenated alkanes) is 2. The minimum absolute atomic E-state index is 0.753. The average Bonchev–Trinajstić information content (AvgIpc) is 2.87. The Balaban J connectivity index is 2.00. The summed E-state index contributed by atoms with van der Waals surface area (Å²) in [5.74, 6) is 0.936. The van der Waals surface area contributed by atoms with E-state index in [1.165, 1.54) is 0 Å². The third-order valence-electron chi connectivity index (χ3n) is 3.62. The standard InChI is InChI=1S/C15H19N5/c1-11-12-7-4-5-8-13(12)15-18-17-14(20(15)19-11)9-3-2-6-10-16/h4-5,7-8H,2-3,6,9-10,16H2,1H3. The van der Waals surface area contributed by atoms with Gasteiger partial charge in [0.25, 0.3) is 0 Å². The lowest BCUT2D eigenvalue weighted by Crippen LogP contribution is -2.03. The third-order valence-corrected chi connectivity index (χ3v) is 3.62. The van der Waals surface area contributed by atoms with Crippen molar-refractivity contribution in [2.75, 3.05) is 6.54 Å². The summed E-state index contributed by atoms with van der Waals surface area (Å²) in [5.41, 5.74) is 7.37. The van der Waals surface area contributed by atoms with Gasteiger partial charge in [-0.25, -0.2) is 0 Å². The molecule has 20 heavy (non-hydrogen) atoms. The predicted octanol–water partition coefficient (Wildman–Crippen LogP) is 2.26. The van der Waals surface area contributed by atoms with Crippen LogP contribution in [0, 0.1) is 6.92 Å². The molecule has 2 heterocycles. The van der Waals surface area contributed by atoms with Gasteiger partial charge in [-0.2, -0.15) is 9.61 Å². The number of rotatable bonds is 5. The lowest BCUT2D eigenvalue weighted by atomic mass is 10.1. The van der Waals surface area contributed by atoms with E-state index in [1.54, 1.807) is 0 Å². The Kier molecular flexibility index (Phi) is 3.60. The smallest absolute Gasteiger partial charge is 0.185 e. The second kappa shape index (κ2) is 5.54. The summed E-state index contributed by atoms with van der Waals surface area (Å²) in [6.07, 6.45) is 4.15. The normalized spacial score (nSPS) is 11.5. The fourth-order valence-corrected chi connectivity index (χ4v) is 2.54. The van der Waals surface area contributed by atoms with Crippen LogP contribution in [0.4, 0.5) is 0 Å². The Morgan fingerprint density at radius 3 is 2.65 bits per heavy atom. The number of nitrogens with zero attached hydrogens (tertiary/aromatic N) is 4. The van der Waals surface area contributed by atoms with Gasteiger partial charge in [-0.15, -0.1) is 10.2 Å². The highest BCUT2D eigenvalue weighted by Gasteiger charge is 2.11. The number of hydrogen-bond donors (Lipinski definition) is 1. The van der Waals surface area contributed by atoms with Crippen LogP contribution in [0.3, 0.4) is 0 Å². The second-order valence-corrected chi connectivity index (χ2v) is 5.08. The van der Waals surface area contributed by atoms with Gasteiger partial charge in [0, 0.05) is 17.2 Å². The molecule has 0 amide bonds. The van der Waals surface area contributed by atoms with E-state index < -0.39 is 0 Å². The van der Waals surface area contributed by atoms with Crippen LogP contribution in [0.25, 0.3) is 16.4 Å². The lowest BCUT2D eigenvalue weighted by molar-refractivity contribution is 0.655. The van der Waals surface area contributed by atoms with Gasteiger partial charge in [-0.05, 0) is 26.3 Å². The quantitative estimate of drug-likeness (QED) is 0.721. The number of nitrogens with two attached hydrogens (primary N) is 1. The van der Waals surface area contributed by atoms with Gasteiger partial charge in [0.1, 0.15) is 0 Å². The van der Waals surface area contributed by atoms with E-state index in [0.29, 0.717) is 0 Å². The minimum Gasteiger partial charge on any atom is -0.330 e. The Labute approximate surface area is 117 Å². The molecule has 3 aromatic rings. The molecule has 0 saturated heterocycles. The van der Waals surface area contributed by atoms with E-state index in [-0.39, 0.29) is 0 Å². The van der Waals surface area contributed by atoms with Crippen molar-refractivity contribution >= 4 is 16.4 Å². The summed E-state index contributed by atoms with van der Waals surface area (Å²) in [6, 6.07) is 8.20. The van der Waals surface area contributed by atoms with E-state index in [9.17, 15) is 0 Å². The highest BCUT2D eigenvalue weighted by molar-refractivity contribution is 5.94. The first-order valence-corrected chi connectivity index (χ1v) is 7.11. The first kappa shape index (κ1) is 13.0. The molecule has 0 aliphatic carbocycles. The summed E-state index contributed by atoms with van der Waals surface area (Å²) < 4.78 is 1.89. The maximum Gasteiger partial charge on any atom is 0.185 e. The number of aryl methyl sites for hydroxylation is 2. The Morgan fingerprint density at radius 2 is 1.85 bits per heavy atom. The van der Waals surface area contributed by atoms with Crippen LogP contribution in [0.2, 0.25) is 0 Å². The first-order chi connectivity index (χ1) is 9.81. The summed E-state index contributed by atoms with van der Waals surface area (Å²) in [7, 11) is 0. The van der Waals surface area contributed by atoms with E-state index in [4.69, 9.17) is 5.73 Å². The van der Waals surface area contributed by atoms with E-state index >= 15 is 0 Å². The molecule has 0 atom stereocenters. The van der Waals surface area contributed by atoms with Gasteiger partial charge in [0.2, 0.25) is 0 Å². The number of fused-ring (bicyclic) bond motifs is 3. The van der Waals surface area contributed by atoms with E-state index in [1.807, 2.05) is 23.6 Å². The third kappa shape index (κ3) is 2.25. The largest absolute Gasteiger partial charge is 0.330 e. The fraction of sp³-hybridized carbons (Fsp3) is 0.400. The number of hydrogen-bond acceptors (Lipinski definition) is 4. The topological polar surface area (TPSA) is 69.1 Å². The van der Waals surface area contributed by atoms with Gasteiger partial charge in [-0.1, -0.05) is 30.7 Å². The van der Waals surface area contributed by atoms with Gasteiger partial charge < -0.3 is 5.73 Å². The molecule has 0 radical (unpaired) electrons. The van der Waals surface area contributed by atoms with Gasteiger partial charge in [0.05, 0.1) is 5.69 Å². The zero-order chi connectivity index (χ0) is 13.9. The van der Waals surface area contributed by atoms with Crippen LogP contribution in [-0.2, 0) is 6.42 Å². The van der Waals surface area contributed by atoms with E-state index in [0.717, 1.165) is 60.2 Å². The van der Waals surface area contributed by atoms with Gasteiger partial charge in [0.15, 0.2) is 11.5 Å². The Hall–Kier alpha value is -2.01. The molecule has 0 spiro atoms. The highest BCUT2D eigenvalue weighted by Crippen LogP contribution is 2.21. The zero-order valence-corrected chi connectivity index (χ0v) is 11.7. The van der Waals surface area contributed by atoms with Crippen LogP contribution in [0.1, 0.15) is 30.8 Å². The first-order valence-electron chi connectivity index (χ1n) is 7.11. The molecule has 1 aromatic carbocycles.